The fourth-order valence-electron chi connectivity index (χ4n) is 19.4. The van der Waals surface area contributed by atoms with E-state index in [4.69, 9.17) is 44.4 Å². The Kier molecular flexibility index (Phi) is 14.4. The van der Waals surface area contributed by atoms with E-state index < -0.39 is 10.8 Å². The van der Waals surface area contributed by atoms with Crippen molar-refractivity contribution in [2.75, 3.05) is 0 Å². The molecule has 0 amide bonds. The van der Waals surface area contributed by atoms with Gasteiger partial charge in [-0.15, -0.1) is 0 Å². The van der Waals surface area contributed by atoms with E-state index in [0.717, 1.165) is 111 Å². The molecule has 9 nitrogen and oxygen atoms in total. The number of rotatable bonds is 9. The van der Waals surface area contributed by atoms with Gasteiger partial charge < -0.3 is 9.47 Å². The third kappa shape index (κ3) is 9.66. The summed E-state index contributed by atoms with van der Waals surface area (Å²) in [6.45, 7) is 0. The van der Waals surface area contributed by atoms with Gasteiger partial charge in [-0.2, -0.15) is 0 Å². The Morgan fingerprint density at radius 3 is 1.04 bits per heavy atom. The quantitative estimate of drug-likeness (QED) is 0.131. The largest absolute Gasteiger partial charge is 0.456 e. The van der Waals surface area contributed by atoms with Crippen molar-refractivity contribution < 1.29 is 9.47 Å². The summed E-state index contributed by atoms with van der Waals surface area (Å²) in [4.78, 5) is 37.6. The van der Waals surface area contributed by atoms with Crippen LogP contribution in [-0.4, -0.2) is 34.9 Å². The molecule has 3 aromatic heterocycles. The van der Waals surface area contributed by atoms with E-state index in [9.17, 15) is 0 Å². The predicted octanol–water partition coefficient (Wildman–Crippen LogP) is 26.0. The number of benzene rings is 17. The van der Waals surface area contributed by atoms with Crippen LogP contribution in [0.1, 0.15) is 44.5 Å². The van der Waals surface area contributed by atoms with Crippen LogP contribution >= 0.6 is 0 Å². The van der Waals surface area contributed by atoms with E-state index in [2.05, 4.69) is 334 Å². The number of para-hydroxylation sites is 4. The molecular formula is C107H63N7O2. The normalized spacial score (nSPS) is 13.3. The molecule has 5 heterocycles. The number of hydrogen-bond donors (Lipinski definition) is 0. The molecule has 0 N–H and O–H groups in total. The average molecular weight is 1480 g/mol. The standard InChI is InChI=1S/C107H63N7O2/c1-2-24-66(25-3-1)100-109-101(112-104(111-100)84-36-21-45-93-98(84)115-95-47-18-16-43-91(95)106(93)87-39-12-8-32-79(87)80-33-9-13-40-88(80)106)68-55-51-65(52-56-68)73-60-59-72(83-38-23-61-108-97(73)83)70-26-20-27-71(62-70)103-110-102(67-53-49-64(50-54-67)69-57-58-78-76-30-5-4-28-74(76)75-29-6-7-31-77(75)86(78)63-69)113-105(114-103)85-37-22-46-94-99(85)116-96-48-19-17-44-92(96)107(94)89-41-14-10-34-81(89)82-35-11-15-42-90(82)107/h1-63H. The second-order valence-corrected chi connectivity index (χ2v) is 30.4. The van der Waals surface area contributed by atoms with Crippen LogP contribution in [-0.2, 0) is 10.8 Å². The van der Waals surface area contributed by atoms with Gasteiger partial charge in [-0.1, -0.05) is 334 Å². The summed E-state index contributed by atoms with van der Waals surface area (Å²) in [6, 6.07) is 134. The predicted molar refractivity (Wildman–Crippen MR) is 465 cm³/mol. The molecular weight excluding hydrogens is 1420 g/mol. The summed E-state index contributed by atoms with van der Waals surface area (Å²) in [7, 11) is 0. The van der Waals surface area contributed by atoms with Gasteiger partial charge in [0.15, 0.2) is 34.9 Å². The van der Waals surface area contributed by atoms with E-state index in [1.165, 1.54) is 76.8 Å². The zero-order chi connectivity index (χ0) is 76.2. The van der Waals surface area contributed by atoms with Gasteiger partial charge in [0.2, 0.25) is 0 Å². The molecule has 2 aliphatic heterocycles. The molecule has 0 fully saturated rings. The molecule has 0 unspecified atom stereocenters. The minimum atomic E-state index is -0.694. The van der Waals surface area contributed by atoms with Gasteiger partial charge in [0, 0.05) is 61.7 Å². The highest BCUT2D eigenvalue weighted by Crippen LogP contribution is 2.65. The van der Waals surface area contributed by atoms with Crippen molar-refractivity contribution in [1.82, 2.24) is 34.9 Å². The Morgan fingerprint density at radius 1 is 0.181 bits per heavy atom. The van der Waals surface area contributed by atoms with Crippen LogP contribution in [0.25, 0.3) is 167 Å². The second kappa shape index (κ2) is 25.5. The van der Waals surface area contributed by atoms with E-state index in [1.807, 2.05) is 48.7 Å². The summed E-state index contributed by atoms with van der Waals surface area (Å²) in [5.41, 5.74) is 24.5. The Balaban J connectivity index is 0.611. The number of fused-ring (bicyclic) bond motifs is 25. The molecule has 0 saturated carbocycles. The molecule has 9 heteroatoms. The SMILES string of the molecule is c1ccc(-c2nc(-c3ccc(-c4ccc(-c5cccc(-c6nc(-c7ccc(-c8ccc9c%10ccccc%10c%10ccccc%10c9c8)cc7)nc(-c7cccc8c7Oc7ccccc7C87c8ccccc8-c8ccccc87)n6)c5)c5cccnc45)cc3)nc(-c3cccc4c3Oc3ccccc3C43c4ccccc4-c4ccccc43)n2)cc1. The van der Waals surface area contributed by atoms with Gasteiger partial charge in [0.25, 0.3) is 0 Å². The number of ether oxygens (including phenoxy) is 2. The first-order valence-electron chi connectivity index (χ1n) is 39.3. The third-order valence-corrected chi connectivity index (χ3v) is 24.4. The number of nitrogens with zero attached hydrogens (tertiary/aromatic N) is 7. The van der Waals surface area contributed by atoms with Crippen molar-refractivity contribution in [3.05, 3.63) is 427 Å². The van der Waals surface area contributed by atoms with Crippen molar-refractivity contribution in [3.8, 4) is 147 Å². The first kappa shape index (κ1) is 65.3. The maximum absolute atomic E-state index is 7.27. The Bertz CT molecular complexity index is 7420. The fraction of sp³-hybridized carbons (Fsp3) is 0.0187. The number of hydrogen-bond acceptors (Lipinski definition) is 9. The summed E-state index contributed by atoms with van der Waals surface area (Å²) in [5.74, 6) is 6.12. The van der Waals surface area contributed by atoms with Gasteiger partial charge in [-0.05, 0) is 147 Å². The topological polar surface area (TPSA) is 109 Å². The van der Waals surface area contributed by atoms with Gasteiger partial charge in [0.05, 0.1) is 27.5 Å². The van der Waals surface area contributed by atoms with Crippen LogP contribution in [0.5, 0.6) is 23.0 Å². The minimum absolute atomic E-state index is 0.489. The molecule has 2 aliphatic carbocycles. The van der Waals surface area contributed by atoms with Gasteiger partial charge >= 0.3 is 0 Å². The Morgan fingerprint density at radius 2 is 0.526 bits per heavy atom. The first-order valence-corrected chi connectivity index (χ1v) is 39.3. The van der Waals surface area contributed by atoms with Crippen LogP contribution in [0.4, 0.5) is 0 Å². The Labute approximate surface area is 667 Å². The maximum Gasteiger partial charge on any atom is 0.167 e. The zero-order valence-corrected chi connectivity index (χ0v) is 62.3. The molecule has 4 aliphatic rings. The lowest BCUT2D eigenvalue weighted by Gasteiger charge is -2.39. The van der Waals surface area contributed by atoms with E-state index in [1.54, 1.807) is 0 Å². The van der Waals surface area contributed by atoms with Crippen LogP contribution in [0, 0.1) is 0 Å². The minimum Gasteiger partial charge on any atom is -0.456 e. The van der Waals surface area contributed by atoms with E-state index in [0.29, 0.717) is 46.4 Å². The van der Waals surface area contributed by atoms with Crippen molar-refractivity contribution in [2.45, 2.75) is 10.8 Å². The van der Waals surface area contributed by atoms with Crippen LogP contribution in [0.3, 0.4) is 0 Å². The molecule has 116 heavy (non-hydrogen) atoms. The van der Waals surface area contributed by atoms with Gasteiger partial charge in [-0.3, -0.25) is 4.98 Å². The molecule has 17 aromatic carbocycles. The van der Waals surface area contributed by atoms with Gasteiger partial charge in [0.1, 0.15) is 23.0 Å². The van der Waals surface area contributed by atoms with E-state index in [-0.39, 0.29) is 0 Å². The molecule has 0 radical (unpaired) electrons. The van der Waals surface area contributed by atoms with Crippen molar-refractivity contribution in [2.24, 2.45) is 0 Å². The monoisotopic (exact) mass is 1480 g/mol. The van der Waals surface area contributed by atoms with E-state index >= 15 is 0 Å². The lowest BCUT2D eigenvalue weighted by atomic mass is 9.66. The number of pyridine rings is 1. The average Bonchev–Trinajstić information content (AvgIpc) is 1.51. The molecule has 2 spiro atoms. The van der Waals surface area contributed by atoms with Crippen molar-refractivity contribution >= 4 is 43.2 Å². The smallest absolute Gasteiger partial charge is 0.167 e. The summed E-state index contributed by atoms with van der Waals surface area (Å²) >= 11 is 0. The summed E-state index contributed by atoms with van der Waals surface area (Å²) < 4.78 is 14.4. The zero-order valence-electron chi connectivity index (χ0n) is 62.3. The molecule has 0 bridgehead atoms. The fourth-order valence-corrected chi connectivity index (χ4v) is 19.4. The third-order valence-electron chi connectivity index (χ3n) is 24.4. The highest BCUT2D eigenvalue weighted by molar-refractivity contribution is 6.26. The lowest BCUT2D eigenvalue weighted by Crippen LogP contribution is -2.32. The highest BCUT2D eigenvalue weighted by atomic mass is 16.5. The molecule has 0 atom stereocenters. The first-order chi connectivity index (χ1) is 57.5. The molecule has 0 saturated heterocycles. The molecule has 20 aromatic rings. The Hall–Kier alpha value is -15.5. The lowest BCUT2D eigenvalue weighted by molar-refractivity contribution is 0.437. The highest BCUT2D eigenvalue weighted by Gasteiger charge is 2.53. The summed E-state index contributed by atoms with van der Waals surface area (Å²) in [6.07, 6.45) is 1.87. The van der Waals surface area contributed by atoms with Crippen LogP contribution in [0.15, 0.2) is 382 Å². The molecule has 24 rings (SSSR count). The van der Waals surface area contributed by atoms with Crippen LogP contribution < -0.4 is 9.47 Å². The van der Waals surface area contributed by atoms with Crippen molar-refractivity contribution in [3.63, 3.8) is 0 Å². The molecule has 538 valence electrons. The van der Waals surface area contributed by atoms with Crippen LogP contribution in [0.2, 0.25) is 0 Å². The maximum atomic E-state index is 7.27. The number of aromatic nitrogens is 7. The summed E-state index contributed by atoms with van der Waals surface area (Å²) in [5, 5.41) is 8.41. The second-order valence-electron chi connectivity index (χ2n) is 30.4. The van der Waals surface area contributed by atoms with Crippen molar-refractivity contribution in [1.29, 1.82) is 0 Å². The van der Waals surface area contributed by atoms with Gasteiger partial charge in [-0.25, -0.2) is 29.9 Å².